The predicted octanol–water partition coefficient (Wildman–Crippen LogP) is 4.70. The van der Waals surface area contributed by atoms with Crippen molar-refractivity contribution in [3.63, 3.8) is 0 Å². The number of aryl methyl sites for hydroxylation is 1. The number of nitrogens with one attached hydrogen (secondary N) is 2. The van der Waals surface area contributed by atoms with Gasteiger partial charge in [0.2, 0.25) is 0 Å². The fourth-order valence-corrected chi connectivity index (χ4v) is 4.01. The number of hydrogen-bond donors (Lipinski definition) is 2. The highest BCUT2D eigenvalue weighted by Crippen LogP contribution is 2.21. The molecular formula is C23H24N2O4S. The molecule has 2 N–H and O–H groups in total. The molecule has 3 rings (SSSR count). The molecule has 3 aromatic rings. The van der Waals surface area contributed by atoms with E-state index >= 15 is 0 Å². The molecule has 0 aliphatic carbocycles. The summed E-state index contributed by atoms with van der Waals surface area (Å²) in [7, 11) is -3.79. The number of rotatable bonds is 8. The van der Waals surface area contributed by atoms with Gasteiger partial charge in [-0.3, -0.25) is 9.52 Å². The highest BCUT2D eigenvalue weighted by atomic mass is 32.2. The van der Waals surface area contributed by atoms with Crippen LogP contribution in [-0.4, -0.2) is 20.9 Å². The summed E-state index contributed by atoms with van der Waals surface area (Å²) in [6.45, 7) is 4.37. The number of ether oxygens (including phenoxy) is 1. The van der Waals surface area contributed by atoms with Gasteiger partial charge in [-0.2, -0.15) is 0 Å². The molecule has 0 aliphatic rings. The number of amides is 1. The Kier molecular flexibility index (Phi) is 6.74. The lowest BCUT2D eigenvalue weighted by atomic mass is 10.1. The molecule has 0 radical (unpaired) electrons. The quantitative estimate of drug-likeness (QED) is 0.549. The molecule has 6 nitrogen and oxygen atoms in total. The Balaban J connectivity index is 1.76. The maximum Gasteiger partial charge on any atom is 0.261 e. The van der Waals surface area contributed by atoms with E-state index < -0.39 is 10.0 Å². The lowest BCUT2D eigenvalue weighted by molar-refractivity contribution is 0.102. The zero-order valence-electron chi connectivity index (χ0n) is 16.9. The van der Waals surface area contributed by atoms with Gasteiger partial charge in [0.25, 0.3) is 15.9 Å². The van der Waals surface area contributed by atoms with Gasteiger partial charge in [-0.15, -0.1) is 0 Å². The number of benzene rings is 3. The van der Waals surface area contributed by atoms with Crippen molar-refractivity contribution >= 4 is 27.3 Å². The average Bonchev–Trinajstić information content (AvgIpc) is 2.74. The number of sulfonamides is 1. The van der Waals surface area contributed by atoms with Crippen LogP contribution in [0.2, 0.25) is 0 Å². The third kappa shape index (κ3) is 5.18. The molecule has 0 heterocycles. The molecule has 0 saturated heterocycles. The Labute approximate surface area is 177 Å². The minimum absolute atomic E-state index is 0.109. The van der Waals surface area contributed by atoms with Gasteiger partial charge in [0.15, 0.2) is 0 Å². The predicted molar refractivity (Wildman–Crippen MR) is 119 cm³/mol. The Hall–Kier alpha value is -3.32. The topological polar surface area (TPSA) is 84.5 Å². The van der Waals surface area contributed by atoms with Crippen LogP contribution in [0.1, 0.15) is 29.8 Å². The molecule has 0 atom stereocenters. The van der Waals surface area contributed by atoms with Gasteiger partial charge in [-0.25, -0.2) is 8.42 Å². The Morgan fingerprint density at radius 3 is 2.37 bits per heavy atom. The van der Waals surface area contributed by atoms with E-state index in [0.29, 0.717) is 23.6 Å². The summed E-state index contributed by atoms with van der Waals surface area (Å²) in [4.78, 5) is 12.8. The zero-order valence-corrected chi connectivity index (χ0v) is 17.7. The molecule has 0 saturated carbocycles. The van der Waals surface area contributed by atoms with E-state index in [0.717, 1.165) is 17.7 Å². The smallest absolute Gasteiger partial charge is 0.261 e. The molecule has 1 amide bonds. The number of para-hydroxylation sites is 1. The van der Waals surface area contributed by atoms with Crippen LogP contribution in [0.3, 0.4) is 0 Å². The van der Waals surface area contributed by atoms with Crippen LogP contribution in [0, 0.1) is 0 Å². The van der Waals surface area contributed by atoms with E-state index in [1.54, 1.807) is 30.3 Å². The number of carbonyl (C=O) groups is 1. The molecule has 0 fully saturated rings. The average molecular weight is 425 g/mol. The molecule has 7 heteroatoms. The summed E-state index contributed by atoms with van der Waals surface area (Å²) < 4.78 is 33.2. The third-order valence-electron chi connectivity index (χ3n) is 4.47. The standard InChI is InChI=1S/C23H24N2O4S/c1-3-17-8-5-6-11-22(17)24-23(26)18-9-7-10-19(16-18)25-30(27,28)21-14-12-20(13-15-21)29-4-2/h5-16,25H,3-4H2,1-2H3,(H,24,26). The maximum absolute atomic E-state index is 12.7. The second-order valence-electron chi connectivity index (χ2n) is 6.56. The van der Waals surface area contributed by atoms with Gasteiger partial charge in [-0.05, 0) is 67.4 Å². The monoisotopic (exact) mass is 424 g/mol. The van der Waals surface area contributed by atoms with Crippen LogP contribution in [0.25, 0.3) is 0 Å². The molecule has 0 aliphatic heterocycles. The van der Waals surface area contributed by atoms with Gasteiger partial charge < -0.3 is 10.1 Å². The lowest BCUT2D eigenvalue weighted by Gasteiger charge is -2.12. The van der Waals surface area contributed by atoms with Gasteiger partial charge in [0.05, 0.1) is 11.5 Å². The summed E-state index contributed by atoms with van der Waals surface area (Å²) in [5, 5.41) is 2.89. The molecule has 30 heavy (non-hydrogen) atoms. The first kappa shape index (κ1) is 21.4. The van der Waals surface area contributed by atoms with Crippen molar-refractivity contribution in [2.75, 3.05) is 16.6 Å². The van der Waals surface area contributed by atoms with Crippen LogP contribution >= 0.6 is 0 Å². The van der Waals surface area contributed by atoms with Crippen molar-refractivity contribution in [1.82, 2.24) is 0 Å². The van der Waals surface area contributed by atoms with Crippen molar-refractivity contribution in [2.45, 2.75) is 25.2 Å². The second-order valence-corrected chi connectivity index (χ2v) is 8.24. The molecule has 156 valence electrons. The fraction of sp³-hybridized carbons (Fsp3) is 0.174. The second kappa shape index (κ2) is 9.45. The molecule has 0 aromatic heterocycles. The van der Waals surface area contributed by atoms with Crippen molar-refractivity contribution < 1.29 is 17.9 Å². The van der Waals surface area contributed by atoms with E-state index in [-0.39, 0.29) is 10.8 Å². The first-order chi connectivity index (χ1) is 14.4. The van der Waals surface area contributed by atoms with E-state index in [4.69, 9.17) is 4.74 Å². The van der Waals surface area contributed by atoms with E-state index in [2.05, 4.69) is 10.0 Å². The van der Waals surface area contributed by atoms with Crippen LogP contribution in [-0.2, 0) is 16.4 Å². The summed E-state index contributed by atoms with van der Waals surface area (Å²) in [5.74, 6) is 0.292. The summed E-state index contributed by atoms with van der Waals surface area (Å²) in [6, 6.07) is 20.1. The van der Waals surface area contributed by atoms with Crippen LogP contribution in [0.15, 0.2) is 77.7 Å². The summed E-state index contributed by atoms with van der Waals surface area (Å²) in [5.41, 5.74) is 2.43. The van der Waals surface area contributed by atoms with Gasteiger partial charge >= 0.3 is 0 Å². The third-order valence-corrected chi connectivity index (χ3v) is 5.87. The van der Waals surface area contributed by atoms with Crippen molar-refractivity contribution in [2.24, 2.45) is 0 Å². The van der Waals surface area contributed by atoms with Crippen LogP contribution in [0.5, 0.6) is 5.75 Å². The van der Waals surface area contributed by atoms with Crippen molar-refractivity contribution in [1.29, 1.82) is 0 Å². The minimum Gasteiger partial charge on any atom is -0.494 e. The maximum atomic E-state index is 12.7. The largest absolute Gasteiger partial charge is 0.494 e. The highest BCUT2D eigenvalue weighted by molar-refractivity contribution is 7.92. The van der Waals surface area contributed by atoms with E-state index in [1.807, 2.05) is 38.1 Å². The lowest BCUT2D eigenvalue weighted by Crippen LogP contribution is -2.15. The Bertz CT molecular complexity index is 1130. The highest BCUT2D eigenvalue weighted by Gasteiger charge is 2.16. The van der Waals surface area contributed by atoms with Crippen LogP contribution in [0.4, 0.5) is 11.4 Å². The number of anilines is 2. The Morgan fingerprint density at radius 1 is 0.933 bits per heavy atom. The van der Waals surface area contributed by atoms with Crippen molar-refractivity contribution in [3.8, 4) is 5.75 Å². The summed E-state index contributed by atoms with van der Waals surface area (Å²) >= 11 is 0. The van der Waals surface area contributed by atoms with Crippen LogP contribution < -0.4 is 14.8 Å². The Morgan fingerprint density at radius 2 is 1.67 bits per heavy atom. The molecule has 0 bridgehead atoms. The van der Waals surface area contributed by atoms with E-state index in [1.165, 1.54) is 18.2 Å². The molecule has 0 unspecified atom stereocenters. The zero-order chi connectivity index (χ0) is 21.6. The number of carbonyl (C=O) groups excluding carboxylic acids is 1. The molecular weight excluding hydrogens is 400 g/mol. The van der Waals surface area contributed by atoms with Gasteiger partial charge in [0.1, 0.15) is 5.75 Å². The van der Waals surface area contributed by atoms with E-state index in [9.17, 15) is 13.2 Å². The minimum atomic E-state index is -3.79. The van der Waals surface area contributed by atoms with Gasteiger partial charge in [-0.1, -0.05) is 31.2 Å². The van der Waals surface area contributed by atoms with Gasteiger partial charge in [0, 0.05) is 16.9 Å². The summed E-state index contributed by atoms with van der Waals surface area (Å²) in [6.07, 6.45) is 0.790. The normalized spacial score (nSPS) is 11.0. The first-order valence-electron chi connectivity index (χ1n) is 9.68. The SMILES string of the molecule is CCOc1ccc(S(=O)(=O)Nc2cccc(C(=O)Nc3ccccc3CC)c2)cc1. The number of hydrogen-bond acceptors (Lipinski definition) is 4. The molecule has 3 aromatic carbocycles. The van der Waals surface area contributed by atoms with Crippen molar-refractivity contribution in [3.05, 3.63) is 83.9 Å². The fourth-order valence-electron chi connectivity index (χ4n) is 2.96. The first-order valence-corrected chi connectivity index (χ1v) is 11.2. The molecule has 0 spiro atoms.